The molecule has 10 heteroatoms. The third-order valence-electron chi connectivity index (χ3n) is 4.10. The highest BCUT2D eigenvalue weighted by Gasteiger charge is 2.17. The molecule has 0 aliphatic heterocycles. The zero-order chi connectivity index (χ0) is 21.7. The molecule has 1 N–H and O–H groups in total. The number of non-ortho nitro benzene ring substituents is 1. The summed E-state index contributed by atoms with van der Waals surface area (Å²) >= 11 is 6.02. The monoisotopic (exact) mass is 431 g/mol. The van der Waals surface area contributed by atoms with Gasteiger partial charge in [0.05, 0.1) is 22.2 Å². The fourth-order valence-electron chi connectivity index (χ4n) is 2.67. The van der Waals surface area contributed by atoms with Crippen molar-refractivity contribution in [1.82, 2.24) is 4.57 Å². The molecule has 0 aliphatic rings. The van der Waals surface area contributed by atoms with Crippen LogP contribution in [0.5, 0.6) is 5.75 Å². The summed E-state index contributed by atoms with van der Waals surface area (Å²) in [6.07, 6.45) is 0. The lowest BCUT2D eigenvalue weighted by atomic mass is 10.2. The summed E-state index contributed by atoms with van der Waals surface area (Å²) in [4.78, 5) is 35.1. The third kappa shape index (κ3) is 4.81. The number of nitrogens with one attached hydrogen (secondary N) is 1. The Morgan fingerprint density at radius 3 is 2.67 bits per heavy atom. The quantitative estimate of drug-likeness (QED) is 0.451. The SMILES string of the molecule is O=C(Nc1cc([N+](=O)[O-])ccc1F)c1cccc(=O)n1CCOc1ccccc1Cl. The van der Waals surface area contributed by atoms with Crippen LogP contribution in [0, 0.1) is 15.9 Å². The van der Waals surface area contributed by atoms with Crippen LogP contribution in [-0.2, 0) is 6.54 Å². The minimum atomic E-state index is -0.846. The summed E-state index contributed by atoms with van der Waals surface area (Å²) in [5, 5.41) is 13.5. The molecule has 2 aromatic carbocycles. The van der Waals surface area contributed by atoms with E-state index in [0.717, 1.165) is 22.8 Å². The minimum Gasteiger partial charge on any atom is -0.490 e. The van der Waals surface area contributed by atoms with Gasteiger partial charge in [-0.1, -0.05) is 29.8 Å². The van der Waals surface area contributed by atoms with Gasteiger partial charge in [0.15, 0.2) is 0 Å². The molecular formula is C20H15ClFN3O5. The van der Waals surface area contributed by atoms with Crippen molar-refractivity contribution in [2.24, 2.45) is 0 Å². The second-order valence-corrected chi connectivity index (χ2v) is 6.46. The van der Waals surface area contributed by atoms with Gasteiger partial charge in [-0.2, -0.15) is 0 Å². The van der Waals surface area contributed by atoms with E-state index in [1.165, 1.54) is 18.2 Å². The van der Waals surface area contributed by atoms with E-state index in [4.69, 9.17) is 16.3 Å². The van der Waals surface area contributed by atoms with E-state index in [2.05, 4.69) is 5.32 Å². The van der Waals surface area contributed by atoms with Crippen molar-refractivity contribution >= 4 is 28.9 Å². The lowest BCUT2D eigenvalue weighted by Crippen LogP contribution is -2.30. The zero-order valence-electron chi connectivity index (χ0n) is 15.4. The molecule has 0 fully saturated rings. The number of rotatable bonds is 7. The first-order valence-electron chi connectivity index (χ1n) is 8.69. The Morgan fingerprint density at radius 1 is 1.17 bits per heavy atom. The van der Waals surface area contributed by atoms with Gasteiger partial charge in [0.2, 0.25) is 0 Å². The molecule has 3 aromatic rings. The van der Waals surface area contributed by atoms with Crippen molar-refractivity contribution in [2.75, 3.05) is 11.9 Å². The summed E-state index contributed by atoms with van der Waals surface area (Å²) in [6.45, 7) is 0.0597. The molecular weight excluding hydrogens is 417 g/mol. The molecule has 1 aromatic heterocycles. The number of amides is 1. The zero-order valence-corrected chi connectivity index (χ0v) is 16.1. The number of hydrogen-bond donors (Lipinski definition) is 1. The second kappa shape index (κ2) is 9.19. The number of nitrogens with zero attached hydrogens (tertiary/aromatic N) is 2. The standard InChI is InChI=1S/C20H15ClFN3O5/c21-14-4-1-2-6-18(14)30-11-10-24-17(5-3-7-19(24)26)20(27)23-16-12-13(25(28)29)8-9-15(16)22/h1-9,12H,10-11H2,(H,23,27). The summed E-state index contributed by atoms with van der Waals surface area (Å²) < 4.78 is 20.7. The molecule has 0 unspecified atom stereocenters. The van der Waals surface area contributed by atoms with Gasteiger partial charge in [0, 0.05) is 18.2 Å². The lowest BCUT2D eigenvalue weighted by Gasteiger charge is -2.14. The Labute approximate surface area is 174 Å². The first-order chi connectivity index (χ1) is 14.4. The fourth-order valence-corrected chi connectivity index (χ4v) is 2.86. The van der Waals surface area contributed by atoms with Crippen LogP contribution in [0.2, 0.25) is 5.02 Å². The van der Waals surface area contributed by atoms with Crippen LogP contribution in [-0.4, -0.2) is 22.0 Å². The Morgan fingerprint density at radius 2 is 1.93 bits per heavy atom. The van der Waals surface area contributed by atoms with Crippen molar-refractivity contribution in [3.8, 4) is 5.75 Å². The predicted octanol–water partition coefficient (Wildman–Crippen LogP) is 3.88. The Kier molecular flexibility index (Phi) is 6.43. The van der Waals surface area contributed by atoms with Crippen LogP contribution in [0.3, 0.4) is 0 Å². The molecule has 0 spiro atoms. The lowest BCUT2D eigenvalue weighted by molar-refractivity contribution is -0.384. The van der Waals surface area contributed by atoms with E-state index in [1.807, 2.05) is 0 Å². The van der Waals surface area contributed by atoms with E-state index in [9.17, 15) is 24.1 Å². The van der Waals surface area contributed by atoms with Gasteiger partial charge in [-0.05, 0) is 24.3 Å². The van der Waals surface area contributed by atoms with Crippen LogP contribution in [0.4, 0.5) is 15.8 Å². The molecule has 3 rings (SSSR count). The predicted molar refractivity (Wildman–Crippen MR) is 109 cm³/mol. The van der Waals surface area contributed by atoms with E-state index in [0.29, 0.717) is 10.8 Å². The van der Waals surface area contributed by atoms with Gasteiger partial charge in [-0.3, -0.25) is 19.7 Å². The first-order valence-corrected chi connectivity index (χ1v) is 9.07. The van der Waals surface area contributed by atoms with Gasteiger partial charge in [0.1, 0.15) is 23.9 Å². The smallest absolute Gasteiger partial charge is 0.272 e. The molecule has 30 heavy (non-hydrogen) atoms. The number of carbonyl (C=O) groups excluding carboxylic acids is 1. The minimum absolute atomic E-state index is 0.0189. The van der Waals surface area contributed by atoms with Gasteiger partial charge >= 0.3 is 0 Å². The summed E-state index contributed by atoms with van der Waals surface area (Å²) in [5.41, 5.74) is -1.28. The van der Waals surface area contributed by atoms with Crippen LogP contribution >= 0.6 is 11.6 Å². The highest BCUT2D eigenvalue weighted by atomic mass is 35.5. The molecule has 154 valence electrons. The molecule has 0 bridgehead atoms. The molecule has 0 radical (unpaired) electrons. The maximum absolute atomic E-state index is 14.0. The van der Waals surface area contributed by atoms with Crippen molar-refractivity contribution in [3.63, 3.8) is 0 Å². The van der Waals surface area contributed by atoms with E-state index < -0.39 is 22.2 Å². The number of ether oxygens (including phenoxy) is 1. The second-order valence-electron chi connectivity index (χ2n) is 6.06. The van der Waals surface area contributed by atoms with E-state index in [1.54, 1.807) is 24.3 Å². The van der Waals surface area contributed by atoms with Gasteiger partial charge in [-0.25, -0.2) is 4.39 Å². The van der Waals surface area contributed by atoms with Crippen LogP contribution in [0.1, 0.15) is 10.5 Å². The molecule has 8 nitrogen and oxygen atoms in total. The fraction of sp³-hybridized carbons (Fsp3) is 0.100. The average molecular weight is 432 g/mol. The Balaban J connectivity index is 1.80. The number of pyridine rings is 1. The average Bonchev–Trinajstić information content (AvgIpc) is 2.71. The number of para-hydroxylation sites is 1. The van der Waals surface area contributed by atoms with Crippen LogP contribution in [0.15, 0.2) is 65.5 Å². The largest absolute Gasteiger partial charge is 0.490 e. The molecule has 1 amide bonds. The topological polar surface area (TPSA) is 103 Å². The van der Waals surface area contributed by atoms with Gasteiger partial charge in [0.25, 0.3) is 17.2 Å². The number of hydrogen-bond acceptors (Lipinski definition) is 5. The van der Waals surface area contributed by atoms with Gasteiger partial charge < -0.3 is 14.6 Å². The highest BCUT2D eigenvalue weighted by Crippen LogP contribution is 2.23. The number of aromatic nitrogens is 1. The van der Waals surface area contributed by atoms with Crippen molar-refractivity contribution < 1.29 is 18.8 Å². The molecule has 0 saturated carbocycles. The maximum atomic E-state index is 14.0. The number of carbonyl (C=O) groups is 1. The number of benzene rings is 2. The number of anilines is 1. The molecule has 0 saturated heterocycles. The summed E-state index contributed by atoms with van der Waals surface area (Å²) in [6, 6.07) is 13.6. The van der Waals surface area contributed by atoms with Crippen molar-refractivity contribution in [2.45, 2.75) is 6.54 Å². The maximum Gasteiger partial charge on any atom is 0.272 e. The normalized spacial score (nSPS) is 10.5. The third-order valence-corrected chi connectivity index (χ3v) is 4.41. The summed E-state index contributed by atoms with van der Waals surface area (Å²) in [5.74, 6) is -1.22. The van der Waals surface area contributed by atoms with Crippen molar-refractivity contribution in [1.29, 1.82) is 0 Å². The Bertz CT molecular complexity index is 1170. The van der Waals surface area contributed by atoms with E-state index in [-0.39, 0.29) is 30.2 Å². The van der Waals surface area contributed by atoms with Crippen molar-refractivity contribution in [3.05, 3.63) is 97.7 Å². The molecule has 0 aliphatic carbocycles. The van der Waals surface area contributed by atoms with E-state index >= 15 is 0 Å². The molecule has 1 heterocycles. The highest BCUT2D eigenvalue weighted by molar-refractivity contribution is 6.32. The van der Waals surface area contributed by atoms with Crippen LogP contribution in [0.25, 0.3) is 0 Å². The summed E-state index contributed by atoms with van der Waals surface area (Å²) in [7, 11) is 0. The number of halogens is 2. The Hall–Kier alpha value is -3.72. The number of nitro benzene ring substituents is 1. The molecule has 0 atom stereocenters. The first kappa shape index (κ1) is 21.0. The van der Waals surface area contributed by atoms with Crippen LogP contribution < -0.4 is 15.6 Å². The van der Waals surface area contributed by atoms with Gasteiger partial charge in [-0.15, -0.1) is 0 Å². The number of nitro groups is 1.